The number of hydrogen-bond donors (Lipinski definition) is 6. The predicted molar refractivity (Wildman–Crippen MR) is 207 cm³/mol. The van der Waals surface area contributed by atoms with Crippen LogP contribution in [0.3, 0.4) is 0 Å². The molecule has 1 amide bonds. The number of carboxylic acid groups (broad SMARTS) is 1. The van der Waals surface area contributed by atoms with Crippen LogP contribution in [0.2, 0.25) is 0 Å². The number of benzene rings is 5. The number of halogens is 4. The van der Waals surface area contributed by atoms with Gasteiger partial charge in [-0.3, -0.25) is 19.4 Å². The molecule has 0 atom stereocenters. The highest BCUT2D eigenvalue weighted by atomic mass is 19.1. The highest BCUT2D eigenvalue weighted by Gasteiger charge is 2.28. The Morgan fingerprint density at radius 3 is 1.38 bits per heavy atom. The largest absolute Gasteiger partial charge is 0.491 e. The minimum Gasteiger partial charge on any atom is -0.481 e. The Balaban J connectivity index is 1.61. The molecule has 0 aliphatic heterocycles. The van der Waals surface area contributed by atoms with Crippen molar-refractivity contribution in [1.29, 1.82) is 0 Å². The lowest BCUT2D eigenvalue weighted by Crippen LogP contribution is -2.39. The van der Waals surface area contributed by atoms with Crippen LogP contribution in [-0.2, 0) is 35.8 Å². The van der Waals surface area contributed by atoms with Crippen molar-refractivity contribution < 1.29 is 52.4 Å². The number of nitrogens with zero attached hydrogens (tertiary/aromatic N) is 2. The molecule has 292 valence electrons. The first-order valence-electron chi connectivity index (χ1n) is 17.8. The molecule has 0 radical (unpaired) electrons. The number of carbonyl (C=O) groups excluding carboxylic acids is 1. The zero-order valence-corrected chi connectivity index (χ0v) is 30.6. The van der Waals surface area contributed by atoms with Crippen LogP contribution in [0.15, 0.2) is 84.9 Å². The average Bonchev–Trinajstić information content (AvgIpc) is 3.15. The fourth-order valence-electron chi connectivity index (χ4n) is 6.98. The van der Waals surface area contributed by atoms with Crippen LogP contribution in [0.25, 0.3) is 21.5 Å². The predicted octanol–water partition coefficient (Wildman–Crippen LogP) is 3.47. The van der Waals surface area contributed by atoms with E-state index in [1.165, 1.54) is 0 Å². The summed E-state index contributed by atoms with van der Waals surface area (Å²) in [6, 6.07) is 18.1. The van der Waals surface area contributed by atoms with E-state index < -0.39 is 54.4 Å². The molecule has 56 heavy (non-hydrogen) atoms. The Hall–Kier alpha value is -5.09. The zero-order valence-electron chi connectivity index (χ0n) is 30.6. The molecule has 0 aliphatic rings. The van der Waals surface area contributed by atoms with E-state index in [0.717, 1.165) is 51.4 Å². The molecule has 0 bridgehead atoms. The van der Waals surface area contributed by atoms with Gasteiger partial charge < -0.3 is 30.5 Å². The topological polar surface area (TPSA) is 154 Å². The molecule has 0 unspecified atom stereocenters. The van der Waals surface area contributed by atoms with Crippen LogP contribution in [0.1, 0.15) is 42.0 Å². The molecule has 0 saturated heterocycles. The van der Waals surface area contributed by atoms with Gasteiger partial charge in [-0.2, -0.15) is 0 Å². The van der Waals surface area contributed by atoms with Crippen LogP contribution >= 0.6 is 0 Å². The first kappa shape index (κ1) is 42.1. The fourth-order valence-corrected chi connectivity index (χ4v) is 6.98. The summed E-state index contributed by atoms with van der Waals surface area (Å²) in [7, 11) is -4.62. The van der Waals surface area contributed by atoms with Gasteiger partial charge in [-0.15, -0.1) is 0 Å². The normalized spacial score (nSPS) is 11.5. The van der Waals surface area contributed by atoms with Crippen LogP contribution in [-0.4, -0.2) is 80.7 Å². The van der Waals surface area contributed by atoms with E-state index in [1.54, 1.807) is 28.9 Å². The van der Waals surface area contributed by atoms with E-state index in [4.69, 9.17) is 0 Å². The van der Waals surface area contributed by atoms with Gasteiger partial charge in [0.15, 0.2) is 0 Å². The second kappa shape index (κ2) is 18.7. The van der Waals surface area contributed by atoms with Gasteiger partial charge in [0.25, 0.3) is 0 Å². The van der Waals surface area contributed by atoms with Gasteiger partial charge in [-0.25, -0.2) is 17.6 Å². The Bertz CT molecular complexity index is 2200. The van der Waals surface area contributed by atoms with Crippen molar-refractivity contribution in [3.63, 3.8) is 0 Å². The number of hydrogen-bond acceptors (Lipinski definition) is 8. The quantitative estimate of drug-likeness (QED) is 0.0259. The number of carboxylic acids is 1. The van der Waals surface area contributed by atoms with Crippen LogP contribution in [0.5, 0.6) is 0 Å². The van der Waals surface area contributed by atoms with Gasteiger partial charge >= 0.3 is 20.2 Å². The van der Waals surface area contributed by atoms with E-state index in [0.29, 0.717) is 17.6 Å². The fraction of sp³-hybridized carbons (Fsp3) is 0.250. The summed E-state index contributed by atoms with van der Waals surface area (Å²) < 4.78 is 60.2. The summed E-state index contributed by atoms with van der Waals surface area (Å²) in [6.07, 6.45) is 0.0193. The van der Waals surface area contributed by atoms with E-state index in [1.807, 2.05) is 36.4 Å². The third-order valence-electron chi connectivity index (χ3n) is 9.66. The molecule has 5 aromatic carbocycles. The molecule has 0 saturated carbocycles. The van der Waals surface area contributed by atoms with E-state index >= 15 is 8.78 Å². The second-order valence-corrected chi connectivity index (χ2v) is 13.6. The smallest absolute Gasteiger partial charge is 0.481 e. The molecular weight excluding hydrogens is 732 g/mol. The lowest BCUT2D eigenvalue weighted by atomic mass is 9.76. The van der Waals surface area contributed by atoms with E-state index in [-0.39, 0.29) is 69.3 Å². The van der Waals surface area contributed by atoms with E-state index in [9.17, 15) is 43.6 Å². The highest BCUT2D eigenvalue weighted by Crippen LogP contribution is 2.35. The monoisotopic (exact) mass is 773 g/mol. The molecular formula is C40H41B2F4N3O7. The summed E-state index contributed by atoms with van der Waals surface area (Å²) in [4.78, 5) is 27.3. The van der Waals surface area contributed by atoms with Crippen LogP contribution in [0.4, 0.5) is 17.6 Å². The lowest BCUT2D eigenvalue weighted by Gasteiger charge is -2.28. The minimum absolute atomic E-state index is 0.0316. The summed E-state index contributed by atoms with van der Waals surface area (Å²) in [5.41, 5.74) is -0.0240. The Morgan fingerprint density at radius 1 is 0.625 bits per heavy atom. The number of nitrogens with one attached hydrogen (secondary N) is 1. The third-order valence-corrected chi connectivity index (χ3v) is 9.66. The maximum atomic E-state index is 15.3. The van der Waals surface area contributed by atoms with Gasteiger partial charge in [0.2, 0.25) is 5.91 Å². The molecule has 5 rings (SSSR count). The molecule has 0 heterocycles. The van der Waals surface area contributed by atoms with Gasteiger partial charge in [0, 0.05) is 73.4 Å². The van der Waals surface area contributed by atoms with E-state index in [2.05, 4.69) is 11.9 Å². The summed E-state index contributed by atoms with van der Waals surface area (Å²) in [5, 5.41) is 55.2. The number of amides is 1. The van der Waals surface area contributed by atoms with Crippen molar-refractivity contribution >= 4 is 58.6 Å². The number of fused-ring (bicyclic) bond motifs is 2. The number of carbonyl (C=O) groups is 2. The minimum atomic E-state index is -2.33. The number of aliphatic carboxylic acids is 1. The average molecular weight is 773 g/mol. The Labute approximate surface area is 321 Å². The molecule has 10 nitrogen and oxygen atoms in total. The van der Waals surface area contributed by atoms with Gasteiger partial charge in [-0.05, 0) is 70.3 Å². The molecule has 0 aliphatic carbocycles. The van der Waals surface area contributed by atoms with Crippen molar-refractivity contribution in [3.8, 4) is 0 Å². The number of rotatable bonds is 18. The standard InChI is InChI=1S/C40H41B2F4N3O7/c1-24(2)40(52)47-17-7-18-48(22-31-33(43)12-14-35(45)38(31)41(53)54)20-29-25-8-3-5-10-27(25)30(28-11-6-4-9-26(28)29)21-49(19-16-37(50)51)23-32-34(44)13-15-36(46)39(32)42(55)56/h3-6,8-15,53-56H,1,7,16-23H2,2H3,(H,47,52)(H,50,51). The molecule has 16 heteroatoms. The third kappa shape index (κ3) is 9.82. The van der Waals surface area contributed by atoms with Crippen molar-refractivity contribution in [2.24, 2.45) is 0 Å². The molecule has 0 aromatic heterocycles. The SMILES string of the molecule is C=C(C)C(=O)NCCCN(Cc1c(F)ccc(F)c1B(O)O)Cc1c2ccccc2c(CN(CCC(=O)O)Cc2c(F)ccc(F)c2B(O)O)c2ccccc12. The summed E-state index contributed by atoms with van der Waals surface area (Å²) >= 11 is 0. The second-order valence-electron chi connectivity index (χ2n) is 13.6. The Kier molecular flexibility index (Phi) is 14.0. The van der Waals surface area contributed by atoms with Gasteiger partial charge in [0.05, 0.1) is 6.42 Å². The molecule has 6 N–H and O–H groups in total. The zero-order chi connectivity index (χ0) is 40.7. The first-order chi connectivity index (χ1) is 26.7. The van der Waals surface area contributed by atoms with Crippen LogP contribution < -0.4 is 16.2 Å². The summed E-state index contributed by atoms with van der Waals surface area (Å²) in [5.74, 6) is -5.23. The van der Waals surface area contributed by atoms with Crippen molar-refractivity contribution in [2.75, 3.05) is 19.6 Å². The summed E-state index contributed by atoms with van der Waals surface area (Å²) in [6.45, 7) is 5.15. The molecule has 0 spiro atoms. The van der Waals surface area contributed by atoms with Crippen molar-refractivity contribution in [1.82, 2.24) is 15.1 Å². The lowest BCUT2D eigenvalue weighted by molar-refractivity contribution is -0.137. The first-order valence-corrected chi connectivity index (χ1v) is 17.8. The maximum absolute atomic E-state index is 15.3. The maximum Gasteiger partial charge on any atom is 0.491 e. The molecule has 5 aromatic rings. The highest BCUT2D eigenvalue weighted by molar-refractivity contribution is 6.59. The van der Waals surface area contributed by atoms with Crippen molar-refractivity contribution in [3.05, 3.63) is 130 Å². The van der Waals surface area contributed by atoms with Gasteiger partial charge in [-0.1, -0.05) is 55.1 Å². The van der Waals surface area contributed by atoms with Crippen LogP contribution in [0, 0.1) is 23.3 Å². The van der Waals surface area contributed by atoms with Crippen molar-refractivity contribution in [2.45, 2.75) is 45.9 Å². The Morgan fingerprint density at radius 2 is 1.00 bits per heavy atom. The molecule has 0 fully saturated rings. The van der Waals surface area contributed by atoms with Gasteiger partial charge in [0.1, 0.15) is 23.3 Å².